The van der Waals surface area contributed by atoms with Crippen molar-refractivity contribution in [3.05, 3.63) is 29.8 Å². The average molecular weight is 383 g/mol. The molecular formula is C8H11INNaO5S. The fourth-order valence-electron chi connectivity index (χ4n) is 0.973. The SMILES string of the molecule is NC(=O)C(I)c1ccc(S(=O)(=O)O)cc1.O.[NaH]. The molecule has 0 aromatic heterocycles. The zero-order valence-corrected chi connectivity index (χ0v) is 10.9. The molecule has 1 amide bonds. The molecule has 0 saturated carbocycles. The van der Waals surface area contributed by atoms with Crippen LogP contribution in [0.2, 0.25) is 0 Å². The molecule has 0 aliphatic rings. The van der Waals surface area contributed by atoms with Crippen molar-refractivity contribution in [2.24, 2.45) is 5.73 Å². The Balaban J connectivity index is 0. The molecule has 9 heteroatoms. The van der Waals surface area contributed by atoms with E-state index in [0.717, 1.165) is 0 Å². The van der Waals surface area contributed by atoms with Gasteiger partial charge in [0.2, 0.25) is 5.91 Å². The monoisotopic (exact) mass is 383 g/mol. The van der Waals surface area contributed by atoms with Gasteiger partial charge in [0.15, 0.2) is 0 Å². The first-order valence-electron chi connectivity index (χ1n) is 3.83. The first kappa shape index (κ1) is 19.6. The van der Waals surface area contributed by atoms with Gasteiger partial charge in [-0.2, -0.15) is 8.42 Å². The van der Waals surface area contributed by atoms with E-state index in [1.807, 2.05) is 22.6 Å². The van der Waals surface area contributed by atoms with Crippen molar-refractivity contribution in [3.63, 3.8) is 0 Å². The fourth-order valence-corrected chi connectivity index (χ4v) is 1.87. The Morgan fingerprint density at radius 2 is 1.71 bits per heavy atom. The number of halogens is 1. The Kier molecular flexibility index (Phi) is 8.85. The van der Waals surface area contributed by atoms with E-state index >= 15 is 0 Å². The van der Waals surface area contributed by atoms with Gasteiger partial charge < -0.3 is 11.2 Å². The normalized spacial score (nSPS) is 11.9. The molecule has 1 atom stereocenters. The molecule has 0 spiro atoms. The Morgan fingerprint density at radius 1 is 1.29 bits per heavy atom. The van der Waals surface area contributed by atoms with Gasteiger partial charge in [0, 0.05) is 0 Å². The number of amides is 1. The summed E-state index contributed by atoms with van der Waals surface area (Å²) >= 11 is 1.84. The quantitative estimate of drug-likeness (QED) is 0.313. The van der Waals surface area contributed by atoms with Crippen LogP contribution in [0.3, 0.4) is 0 Å². The van der Waals surface area contributed by atoms with E-state index < -0.39 is 19.9 Å². The second-order valence-electron chi connectivity index (χ2n) is 2.81. The van der Waals surface area contributed by atoms with E-state index in [1.54, 1.807) is 0 Å². The van der Waals surface area contributed by atoms with Gasteiger partial charge in [0.25, 0.3) is 10.1 Å². The Hall–Kier alpha value is 0.290. The van der Waals surface area contributed by atoms with E-state index in [1.165, 1.54) is 24.3 Å². The van der Waals surface area contributed by atoms with Gasteiger partial charge >= 0.3 is 29.6 Å². The summed E-state index contributed by atoms with van der Waals surface area (Å²) in [6.45, 7) is 0. The Morgan fingerprint density at radius 3 is 2.00 bits per heavy atom. The van der Waals surface area contributed by atoms with Gasteiger partial charge in [-0.05, 0) is 17.7 Å². The molecule has 0 bridgehead atoms. The maximum atomic E-state index is 10.8. The van der Waals surface area contributed by atoms with Gasteiger partial charge in [0.1, 0.15) is 3.92 Å². The van der Waals surface area contributed by atoms with Crippen molar-refractivity contribution in [3.8, 4) is 0 Å². The Labute approximate surface area is 134 Å². The second-order valence-corrected chi connectivity index (χ2v) is 5.48. The van der Waals surface area contributed by atoms with Gasteiger partial charge in [0.05, 0.1) is 4.90 Å². The number of carbonyl (C=O) groups excluding carboxylic acids is 1. The molecule has 5 N–H and O–H groups in total. The van der Waals surface area contributed by atoms with Crippen LogP contribution in [0.25, 0.3) is 0 Å². The molecule has 0 saturated heterocycles. The summed E-state index contributed by atoms with van der Waals surface area (Å²) in [6.07, 6.45) is 0. The van der Waals surface area contributed by atoms with Gasteiger partial charge in [-0.15, -0.1) is 0 Å². The molecule has 1 aromatic carbocycles. The third-order valence-corrected chi connectivity index (χ3v) is 3.92. The number of rotatable bonds is 3. The predicted molar refractivity (Wildman–Crippen MR) is 73.0 cm³/mol. The van der Waals surface area contributed by atoms with Crippen LogP contribution < -0.4 is 5.73 Å². The van der Waals surface area contributed by atoms with Crippen LogP contribution >= 0.6 is 22.6 Å². The standard InChI is InChI=1S/C8H8INO4S.Na.H2O.H/c9-7(8(10)11)5-1-3-6(4-2-5)15(12,13)14;;;/h1-4,7H,(H2,10,11)(H,12,13,14);;1H2;. The van der Waals surface area contributed by atoms with Crippen LogP contribution in [-0.2, 0) is 14.9 Å². The number of hydrogen-bond donors (Lipinski definition) is 2. The molecule has 0 aliphatic carbocycles. The topological polar surface area (TPSA) is 129 Å². The summed E-state index contributed by atoms with van der Waals surface area (Å²) in [6, 6.07) is 5.31. The van der Waals surface area contributed by atoms with Gasteiger partial charge in [-0.1, -0.05) is 34.7 Å². The van der Waals surface area contributed by atoms with E-state index in [-0.39, 0.29) is 39.9 Å². The van der Waals surface area contributed by atoms with Crippen molar-refractivity contribution in [1.82, 2.24) is 0 Å². The third-order valence-electron chi connectivity index (χ3n) is 1.72. The van der Waals surface area contributed by atoms with Crippen molar-refractivity contribution in [1.29, 1.82) is 0 Å². The molecule has 0 fully saturated rings. The summed E-state index contributed by atoms with van der Waals surface area (Å²) in [5, 5.41) is 0. The minimum absolute atomic E-state index is 0. The van der Waals surface area contributed by atoms with E-state index in [4.69, 9.17) is 10.3 Å². The van der Waals surface area contributed by atoms with Crippen molar-refractivity contribution in [2.75, 3.05) is 0 Å². The number of hydrogen-bond acceptors (Lipinski definition) is 3. The summed E-state index contributed by atoms with van der Waals surface area (Å²) in [7, 11) is -4.18. The molecule has 1 rings (SSSR count). The van der Waals surface area contributed by atoms with Crippen molar-refractivity contribution >= 4 is 68.2 Å². The zero-order chi connectivity index (χ0) is 11.6. The number of alkyl halides is 1. The summed E-state index contributed by atoms with van der Waals surface area (Å²) < 4.78 is 29.6. The minimum atomic E-state index is -4.18. The molecular weight excluding hydrogens is 372 g/mol. The second kappa shape index (κ2) is 7.67. The average Bonchev–Trinajstić information content (AvgIpc) is 2.15. The summed E-state index contributed by atoms with van der Waals surface area (Å²) in [5.74, 6) is -0.504. The molecule has 1 aromatic rings. The van der Waals surface area contributed by atoms with Gasteiger partial charge in [-0.3, -0.25) is 9.35 Å². The van der Waals surface area contributed by atoms with E-state index in [0.29, 0.717) is 5.56 Å². The van der Waals surface area contributed by atoms with Crippen molar-refractivity contribution in [2.45, 2.75) is 8.82 Å². The van der Waals surface area contributed by atoms with Crippen LogP contribution in [0.15, 0.2) is 29.2 Å². The van der Waals surface area contributed by atoms with E-state index in [2.05, 4.69) is 0 Å². The molecule has 1 unspecified atom stereocenters. The molecule has 0 aliphatic heterocycles. The van der Waals surface area contributed by atoms with Crippen LogP contribution in [0, 0.1) is 0 Å². The predicted octanol–water partition coefficient (Wildman–Crippen LogP) is -0.579. The molecule has 6 nitrogen and oxygen atoms in total. The molecule has 0 heterocycles. The zero-order valence-electron chi connectivity index (χ0n) is 7.92. The number of primary amides is 1. The number of nitrogens with two attached hydrogens (primary N) is 1. The number of carbonyl (C=O) groups is 1. The maximum absolute atomic E-state index is 10.8. The Bertz CT molecular complexity index is 475. The summed E-state index contributed by atoms with van der Waals surface area (Å²) in [4.78, 5) is 10.6. The van der Waals surface area contributed by atoms with Crippen LogP contribution in [0.1, 0.15) is 9.49 Å². The van der Waals surface area contributed by atoms with E-state index in [9.17, 15) is 13.2 Å². The van der Waals surface area contributed by atoms with Crippen LogP contribution in [-0.4, -0.2) is 53.9 Å². The van der Waals surface area contributed by atoms with Gasteiger partial charge in [-0.25, -0.2) is 0 Å². The first-order chi connectivity index (χ1) is 6.82. The molecule has 92 valence electrons. The van der Waals surface area contributed by atoms with Crippen molar-refractivity contribution < 1.29 is 23.2 Å². The van der Waals surface area contributed by atoms with Crippen LogP contribution in [0.4, 0.5) is 0 Å². The molecule has 0 radical (unpaired) electrons. The fraction of sp³-hybridized carbons (Fsp3) is 0.125. The molecule has 17 heavy (non-hydrogen) atoms. The third kappa shape index (κ3) is 5.64. The number of benzene rings is 1. The van der Waals surface area contributed by atoms with Crippen LogP contribution in [0.5, 0.6) is 0 Å². The first-order valence-corrected chi connectivity index (χ1v) is 6.52. The summed E-state index contributed by atoms with van der Waals surface area (Å²) in [5.41, 5.74) is 5.67.